The molecule has 0 nitrogen and oxygen atoms in total. The van der Waals surface area contributed by atoms with Crippen molar-refractivity contribution in [1.29, 1.82) is 0 Å². The van der Waals surface area contributed by atoms with Crippen molar-refractivity contribution in [3.05, 3.63) is 40.5 Å². The molecule has 12 heavy (non-hydrogen) atoms. The molecule has 2 rings (SSSR count). The van der Waals surface area contributed by atoms with E-state index in [1.807, 2.05) is 0 Å². The Morgan fingerprint density at radius 3 is 2.75 bits per heavy atom. The maximum absolute atomic E-state index is 2.30. The fraction of sp³-hybridized carbons (Fsp3) is 0.273. The summed E-state index contributed by atoms with van der Waals surface area (Å²) < 4.78 is 0.610. The van der Waals surface area contributed by atoms with E-state index in [0.29, 0.717) is 4.59 Å². The molecule has 0 N–H and O–H groups in total. The topological polar surface area (TPSA) is 0 Å². The van der Waals surface area contributed by atoms with Crippen LogP contribution >= 0.6 is 0 Å². The Balaban J connectivity index is 2.66. The molecule has 1 aromatic carbocycles. The first-order valence-corrected chi connectivity index (χ1v) is 4.48. The molecule has 0 saturated heterocycles. The van der Waals surface area contributed by atoms with Crippen molar-refractivity contribution in [1.82, 2.24) is 0 Å². The fourth-order valence-electron chi connectivity index (χ4n) is 1.96. The molecule has 1 aliphatic rings. The zero-order chi connectivity index (χ0) is 8.72. The van der Waals surface area contributed by atoms with Gasteiger partial charge in [-0.1, -0.05) is 0 Å². The van der Waals surface area contributed by atoms with Gasteiger partial charge in [0.15, 0.2) is 0 Å². The van der Waals surface area contributed by atoms with Crippen molar-refractivity contribution in [2.75, 3.05) is 0 Å². The summed E-state index contributed by atoms with van der Waals surface area (Å²) in [6.45, 7) is 4.35. The van der Waals surface area contributed by atoms with Gasteiger partial charge in [-0.3, -0.25) is 0 Å². The van der Waals surface area contributed by atoms with Crippen LogP contribution in [0.1, 0.15) is 26.8 Å². The predicted octanol–water partition coefficient (Wildman–Crippen LogP) is 2.54. The second-order valence-electron chi connectivity index (χ2n) is 3.73. The number of benzene rings is 1. The number of hydrogen-bond donors (Lipinski definition) is 0. The number of allylic oxidation sites excluding steroid dienone is 1. The molecule has 0 aliphatic heterocycles. The van der Waals surface area contributed by atoms with E-state index in [2.05, 4.69) is 55.8 Å². The van der Waals surface area contributed by atoms with Gasteiger partial charge in [0, 0.05) is 0 Å². The van der Waals surface area contributed by atoms with Crippen molar-refractivity contribution in [3.8, 4) is 0 Å². The Morgan fingerprint density at radius 1 is 1.25 bits per heavy atom. The molecular weight excluding hydrogens is 139 g/mol. The van der Waals surface area contributed by atoms with Crippen LogP contribution in [0, 0.1) is 13.8 Å². The first-order valence-electron chi connectivity index (χ1n) is 4.48. The Kier molecular flexibility index (Phi) is 1.91. The van der Waals surface area contributed by atoms with E-state index < -0.39 is 0 Å². The normalized spacial score (nSPS) is 19.8. The molecular formula is C11H11Li. The molecule has 0 spiro atoms. The molecule has 0 amide bonds. The Hall–Kier alpha value is -0.443. The molecule has 1 unspecified atom stereocenters. The van der Waals surface area contributed by atoms with Gasteiger partial charge in [-0.05, 0) is 0 Å². The summed E-state index contributed by atoms with van der Waals surface area (Å²) in [5.74, 6) is 0. The van der Waals surface area contributed by atoms with E-state index in [9.17, 15) is 0 Å². The summed E-state index contributed by atoms with van der Waals surface area (Å²) >= 11 is 2.25. The van der Waals surface area contributed by atoms with E-state index in [4.69, 9.17) is 0 Å². The minimum atomic E-state index is 0.610. The second kappa shape index (κ2) is 2.80. The number of hydrogen-bond acceptors (Lipinski definition) is 0. The first kappa shape index (κ1) is 8.17. The summed E-state index contributed by atoms with van der Waals surface area (Å²) in [4.78, 5) is 0. The molecule has 0 aromatic heterocycles. The maximum atomic E-state index is 2.30. The molecule has 1 heteroatoms. The Labute approximate surface area is 82.9 Å². The van der Waals surface area contributed by atoms with Crippen LogP contribution in [0.2, 0.25) is 0 Å². The van der Waals surface area contributed by atoms with Crippen molar-refractivity contribution in [2.24, 2.45) is 0 Å². The molecule has 56 valence electrons. The molecule has 1 aromatic rings. The van der Waals surface area contributed by atoms with E-state index in [0.717, 1.165) is 0 Å². The molecule has 0 fully saturated rings. The fourth-order valence-corrected chi connectivity index (χ4v) is 1.96. The average molecular weight is 150 g/mol. The average Bonchev–Trinajstić information content (AvgIpc) is 2.33. The summed E-state index contributed by atoms with van der Waals surface area (Å²) in [5, 5.41) is 0. The summed E-state index contributed by atoms with van der Waals surface area (Å²) in [6, 6.07) is 4.55. The van der Waals surface area contributed by atoms with Gasteiger partial charge in [-0.2, -0.15) is 0 Å². The third-order valence-electron chi connectivity index (χ3n) is 2.61. The van der Waals surface area contributed by atoms with Gasteiger partial charge in [0.1, 0.15) is 0 Å². The van der Waals surface area contributed by atoms with E-state index in [1.165, 1.54) is 22.3 Å². The standard InChI is InChI=1S/C11H11.Li/c1-8-6-9(2)11-5-3-4-10(11)7-8;/h3-7H,1-2H3;. The summed E-state index contributed by atoms with van der Waals surface area (Å²) in [7, 11) is 0. The zero-order valence-electron chi connectivity index (χ0n) is 7.89. The van der Waals surface area contributed by atoms with E-state index in [1.54, 1.807) is 0 Å². The summed E-state index contributed by atoms with van der Waals surface area (Å²) in [5.41, 5.74) is 5.72. The Bertz CT molecular complexity index is 350. The molecule has 0 radical (unpaired) electrons. The molecule has 1 aliphatic carbocycles. The van der Waals surface area contributed by atoms with Crippen molar-refractivity contribution in [3.63, 3.8) is 0 Å². The van der Waals surface area contributed by atoms with Gasteiger partial charge < -0.3 is 0 Å². The van der Waals surface area contributed by atoms with Crippen LogP contribution in [0.15, 0.2) is 18.2 Å². The molecule has 1 atom stereocenters. The number of aryl methyl sites for hydroxylation is 2. The van der Waals surface area contributed by atoms with Crippen molar-refractivity contribution >= 4 is 23.8 Å². The van der Waals surface area contributed by atoms with Gasteiger partial charge >= 0.3 is 82.7 Å². The van der Waals surface area contributed by atoms with Crippen LogP contribution in [0.5, 0.6) is 0 Å². The van der Waals surface area contributed by atoms with Gasteiger partial charge in [-0.25, -0.2) is 0 Å². The molecule has 0 heterocycles. The van der Waals surface area contributed by atoms with E-state index >= 15 is 0 Å². The van der Waals surface area contributed by atoms with Gasteiger partial charge in [0.05, 0.1) is 0 Å². The van der Waals surface area contributed by atoms with E-state index in [-0.39, 0.29) is 0 Å². The number of rotatable bonds is 0. The number of fused-ring (bicyclic) bond motifs is 1. The van der Waals surface area contributed by atoms with Crippen LogP contribution in [0.25, 0.3) is 6.08 Å². The zero-order valence-corrected chi connectivity index (χ0v) is 7.89. The third-order valence-corrected chi connectivity index (χ3v) is 2.61. The quantitative estimate of drug-likeness (QED) is 0.498. The molecule has 0 saturated carbocycles. The summed E-state index contributed by atoms with van der Waals surface area (Å²) in [6.07, 6.45) is 4.52. The van der Waals surface area contributed by atoms with Crippen LogP contribution in [0.3, 0.4) is 0 Å². The van der Waals surface area contributed by atoms with Crippen LogP contribution in [0.4, 0.5) is 0 Å². The van der Waals surface area contributed by atoms with Crippen LogP contribution in [-0.2, 0) is 0 Å². The van der Waals surface area contributed by atoms with Crippen LogP contribution < -0.4 is 0 Å². The monoisotopic (exact) mass is 150 g/mol. The van der Waals surface area contributed by atoms with Crippen LogP contribution in [-0.4, -0.2) is 17.7 Å². The van der Waals surface area contributed by atoms with Crippen molar-refractivity contribution < 1.29 is 0 Å². The van der Waals surface area contributed by atoms with Gasteiger partial charge in [0.2, 0.25) is 0 Å². The predicted molar refractivity (Wildman–Crippen MR) is 53.4 cm³/mol. The van der Waals surface area contributed by atoms with Gasteiger partial charge in [-0.15, -0.1) is 0 Å². The minimum absolute atomic E-state index is 0.610. The third kappa shape index (κ3) is 1.16. The first-order chi connectivity index (χ1) is 5.68. The van der Waals surface area contributed by atoms with Crippen molar-refractivity contribution in [2.45, 2.75) is 18.4 Å². The van der Waals surface area contributed by atoms with Gasteiger partial charge in [0.25, 0.3) is 0 Å². The SMILES string of the molecule is [Li][CH]1C=Cc2c(C)cc(C)cc21. The second-order valence-corrected chi connectivity index (χ2v) is 3.73. The molecule has 0 bridgehead atoms. The Morgan fingerprint density at radius 2 is 2.00 bits per heavy atom.